The summed E-state index contributed by atoms with van der Waals surface area (Å²) in [7, 11) is 0. The molecule has 1 aromatic carbocycles. The second kappa shape index (κ2) is 8.63. The lowest BCUT2D eigenvalue weighted by Crippen LogP contribution is -2.69. The monoisotopic (exact) mass is 444 g/mol. The topological polar surface area (TPSA) is 96.7 Å². The summed E-state index contributed by atoms with van der Waals surface area (Å²) in [5, 5.41) is 14.6. The number of carbonyl (C=O) groups is 2. The van der Waals surface area contributed by atoms with Gasteiger partial charge in [0.15, 0.2) is 0 Å². The van der Waals surface area contributed by atoms with E-state index < -0.39 is 12.1 Å². The molecule has 12 heteroatoms. The Hall–Kier alpha value is -2.99. The second-order valence-electron chi connectivity index (χ2n) is 7.20. The van der Waals surface area contributed by atoms with E-state index in [0.29, 0.717) is 25.3 Å². The van der Waals surface area contributed by atoms with Crippen LogP contribution in [0.15, 0.2) is 30.5 Å². The molecule has 0 saturated carbocycles. The number of halogens is 4. The number of aliphatic carboxylic acids is 1. The summed E-state index contributed by atoms with van der Waals surface area (Å²) in [5.41, 5.74) is 1.83. The summed E-state index contributed by atoms with van der Waals surface area (Å²) in [6.07, 6.45) is -3.50. The Kier molecular flexibility index (Phi) is 6.32. The number of hydrogen-bond acceptors (Lipinski definition) is 5. The Morgan fingerprint density at radius 2 is 1.84 bits per heavy atom. The van der Waals surface area contributed by atoms with Gasteiger partial charge in [-0.05, 0) is 31.2 Å². The van der Waals surface area contributed by atoms with Crippen LogP contribution < -0.4 is 5.32 Å². The maximum atomic E-state index is 13.1. The lowest BCUT2D eigenvalue weighted by atomic mass is 9.94. The SMILES string of the molecule is Cc1c(C(=O)N2CCOC3(CNC3)C2)cnn1-c1ccc(F)cc1.O=C(O)C(F)(F)F. The van der Waals surface area contributed by atoms with E-state index in [1.54, 1.807) is 23.0 Å². The number of alkyl halides is 3. The van der Waals surface area contributed by atoms with Crippen LogP contribution in [0.25, 0.3) is 5.69 Å². The van der Waals surface area contributed by atoms with Crippen molar-refractivity contribution in [1.29, 1.82) is 0 Å². The lowest BCUT2D eigenvalue weighted by Gasteiger charge is -2.48. The van der Waals surface area contributed by atoms with Gasteiger partial charge >= 0.3 is 12.1 Å². The standard InChI is InChI=1S/C17H19FN4O2.C2HF3O2/c1-12-15(8-20-22(12)14-4-2-13(18)3-5-14)16(23)21-6-7-24-17(11-21)9-19-10-17;3-2(4,5)1(6)7/h2-5,8,19H,6-7,9-11H2,1H3;(H,6,7). The first kappa shape index (κ1) is 22.7. The zero-order valence-electron chi connectivity index (χ0n) is 16.4. The number of nitrogens with one attached hydrogen (secondary N) is 1. The van der Waals surface area contributed by atoms with Gasteiger partial charge < -0.3 is 20.1 Å². The summed E-state index contributed by atoms with van der Waals surface area (Å²) in [5.74, 6) is -3.09. The summed E-state index contributed by atoms with van der Waals surface area (Å²) >= 11 is 0. The molecule has 2 saturated heterocycles. The fraction of sp³-hybridized carbons (Fsp3) is 0.421. The molecule has 1 aromatic heterocycles. The van der Waals surface area contributed by atoms with Gasteiger partial charge in [-0.25, -0.2) is 13.9 Å². The van der Waals surface area contributed by atoms with E-state index in [4.69, 9.17) is 14.6 Å². The third-order valence-electron chi connectivity index (χ3n) is 4.98. The van der Waals surface area contributed by atoms with Crippen molar-refractivity contribution >= 4 is 11.9 Å². The van der Waals surface area contributed by atoms with Gasteiger partial charge in [-0.3, -0.25) is 4.79 Å². The second-order valence-corrected chi connectivity index (χ2v) is 7.20. The van der Waals surface area contributed by atoms with Crippen LogP contribution in [0.4, 0.5) is 17.6 Å². The highest BCUT2D eigenvalue weighted by Crippen LogP contribution is 2.24. The summed E-state index contributed by atoms with van der Waals surface area (Å²) in [6.45, 7) is 5.15. The smallest absolute Gasteiger partial charge is 0.475 e. The molecule has 2 aromatic rings. The molecule has 2 aliphatic heterocycles. The number of rotatable bonds is 2. The van der Waals surface area contributed by atoms with Crippen molar-refractivity contribution in [2.45, 2.75) is 18.7 Å². The third kappa shape index (κ3) is 5.02. The molecule has 8 nitrogen and oxygen atoms in total. The minimum absolute atomic E-state index is 0.0320. The van der Waals surface area contributed by atoms with E-state index in [1.165, 1.54) is 12.1 Å². The molecule has 2 aliphatic rings. The molecule has 31 heavy (non-hydrogen) atoms. The van der Waals surface area contributed by atoms with Crippen molar-refractivity contribution in [1.82, 2.24) is 20.0 Å². The van der Waals surface area contributed by atoms with Crippen LogP contribution in [0.2, 0.25) is 0 Å². The van der Waals surface area contributed by atoms with Crippen molar-refractivity contribution in [2.75, 3.05) is 32.8 Å². The number of morpholine rings is 1. The van der Waals surface area contributed by atoms with Gasteiger partial charge in [-0.1, -0.05) is 0 Å². The molecule has 0 aliphatic carbocycles. The molecule has 2 fully saturated rings. The summed E-state index contributed by atoms with van der Waals surface area (Å²) < 4.78 is 52.3. The number of nitrogens with zero attached hydrogens (tertiary/aromatic N) is 3. The van der Waals surface area contributed by atoms with Gasteiger partial charge in [0.25, 0.3) is 5.91 Å². The number of carboxylic acid groups (broad SMARTS) is 1. The first-order valence-electron chi connectivity index (χ1n) is 9.27. The highest BCUT2D eigenvalue weighted by Gasteiger charge is 2.43. The molecule has 1 spiro atoms. The molecule has 0 radical (unpaired) electrons. The Bertz CT molecular complexity index is 955. The molecular weight excluding hydrogens is 424 g/mol. The zero-order valence-corrected chi connectivity index (χ0v) is 16.4. The molecule has 2 N–H and O–H groups in total. The average Bonchev–Trinajstić information content (AvgIpc) is 3.08. The highest BCUT2D eigenvalue weighted by atomic mass is 19.4. The normalized spacial score (nSPS) is 17.5. The van der Waals surface area contributed by atoms with Crippen molar-refractivity contribution in [3.05, 3.63) is 47.5 Å². The number of benzene rings is 1. The molecular formula is C19H20F4N4O4. The minimum Gasteiger partial charge on any atom is -0.475 e. The molecule has 4 rings (SSSR count). The number of aromatic nitrogens is 2. The van der Waals surface area contributed by atoms with Crippen LogP contribution in [0.1, 0.15) is 16.1 Å². The number of carbonyl (C=O) groups excluding carboxylic acids is 1. The zero-order chi connectivity index (χ0) is 22.8. The van der Waals surface area contributed by atoms with Crippen molar-refractivity contribution in [2.24, 2.45) is 0 Å². The number of ether oxygens (including phenoxy) is 1. The van der Waals surface area contributed by atoms with Gasteiger partial charge in [0.2, 0.25) is 0 Å². The van der Waals surface area contributed by atoms with E-state index in [0.717, 1.165) is 24.5 Å². The molecule has 0 bridgehead atoms. The molecule has 3 heterocycles. The third-order valence-corrected chi connectivity index (χ3v) is 4.98. The van der Waals surface area contributed by atoms with Gasteiger partial charge in [-0.2, -0.15) is 18.3 Å². The van der Waals surface area contributed by atoms with E-state index in [9.17, 15) is 22.4 Å². The van der Waals surface area contributed by atoms with E-state index in [1.807, 2.05) is 11.8 Å². The molecule has 168 valence electrons. The van der Waals surface area contributed by atoms with Gasteiger partial charge in [0.05, 0.1) is 36.3 Å². The highest BCUT2D eigenvalue weighted by molar-refractivity contribution is 5.95. The van der Waals surface area contributed by atoms with Crippen LogP contribution in [-0.2, 0) is 9.53 Å². The van der Waals surface area contributed by atoms with Gasteiger partial charge in [-0.15, -0.1) is 0 Å². The van der Waals surface area contributed by atoms with Crippen LogP contribution in [0, 0.1) is 12.7 Å². The lowest BCUT2D eigenvalue weighted by molar-refractivity contribution is -0.192. The van der Waals surface area contributed by atoms with E-state index in [-0.39, 0.29) is 17.3 Å². The first-order chi connectivity index (χ1) is 14.5. The van der Waals surface area contributed by atoms with Crippen molar-refractivity contribution in [3.63, 3.8) is 0 Å². The summed E-state index contributed by atoms with van der Waals surface area (Å²) in [6, 6.07) is 6.06. The molecule has 1 amide bonds. The molecule has 0 atom stereocenters. The van der Waals surface area contributed by atoms with Gasteiger partial charge in [0.1, 0.15) is 11.4 Å². The van der Waals surface area contributed by atoms with E-state index >= 15 is 0 Å². The quantitative estimate of drug-likeness (QED) is 0.686. The van der Waals surface area contributed by atoms with Crippen LogP contribution in [-0.4, -0.2) is 76.2 Å². The number of amides is 1. The Morgan fingerprint density at radius 1 is 1.23 bits per heavy atom. The van der Waals surface area contributed by atoms with E-state index in [2.05, 4.69) is 10.4 Å². The largest absolute Gasteiger partial charge is 0.490 e. The van der Waals surface area contributed by atoms with Crippen LogP contribution >= 0.6 is 0 Å². The van der Waals surface area contributed by atoms with Crippen LogP contribution in [0.3, 0.4) is 0 Å². The van der Waals surface area contributed by atoms with Gasteiger partial charge in [0, 0.05) is 19.6 Å². The summed E-state index contributed by atoms with van der Waals surface area (Å²) in [4.78, 5) is 23.6. The predicted molar refractivity (Wildman–Crippen MR) is 99.4 cm³/mol. The number of hydrogen-bond donors (Lipinski definition) is 2. The Balaban J connectivity index is 0.000000339. The first-order valence-corrected chi connectivity index (χ1v) is 9.27. The molecule has 0 unspecified atom stereocenters. The fourth-order valence-corrected chi connectivity index (χ4v) is 3.27. The number of carboxylic acids is 1. The predicted octanol–water partition coefficient (Wildman–Crippen LogP) is 1.77. The minimum atomic E-state index is -5.08. The Morgan fingerprint density at radius 3 is 2.35 bits per heavy atom. The van der Waals surface area contributed by atoms with Crippen molar-refractivity contribution in [3.8, 4) is 5.69 Å². The maximum absolute atomic E-state index is 13.1. The average molecular weight is 444 g/mol. The fourth-order valence-electron chi connectivity index (χ4n) is 3.27. The Labute approximate surface area is 174 Å². The van der Waals surface area contributed by atoms with Crippen LogP contribution in [0.5, 0.6) is 0 Å². The van der Waals surface area contributed by atoms with Crippen molar-refractivity contribution < 1.29 is 37.0 Å². The maximum Gasteiger partial charge on any atom is 0.490 e.